The maximum absolute atomic E-state index is 13.7. The Hall–Kier alpha value is -3.76. The molecule has 1 saturated heterocycles. The number of benzene rings is 1. The first-order valence-corrected chi connectivity index (χ1v) is 11.1. The molecule has 3 N–H and O–H groups in total. The Bertz CT molecular complexity index is 1100. The van der Waals surface area contributed by atoms with Crippen LogP contribution in [-0.2, 0) is 19.7 Å². The summed E-state index contributed by atoms with van der Waals surface area (Å²) in [5.41, 5.74) is 5.91. The molecule has 2 heterocycles. The lowest BCUT2D eigenvalue weighted by atomic mass is 9.69. The number of pyridine rings is 1. The van der Waals surface area contributed by atoms with Gasteiger partial charge in [0.05, 0.1) is 6.42 Å². The van der Waals surface area contributed by atoms with Gasteiger partial charge in [-0.3, -0.25) is 9.59 Å². The minimum Gasteiger partial charge on any atom is -0.449 e. The van der Waals surface area contributed by atoms with Crippen molar-refractivity contribution in [2.45, 2.75) is 45.1 Å². The number of alkyl halides is 2. The van der Waals surface area contributed by atoms with Crippen molar-refractivity contribution in [1.29, 1.82) is 0 Å². The number of hydrogen-bond acceptors (Lipinski definition) is 6. The molecule has 11 heteroatoms. The second-order valence-corrected chi connectivity index (χ2v) is 8.63. The summed E-state index contributed by atoms with van der Waals surface area (Å²) in [5.74, 6) is -1.09. The Kier molecular flexibility index (Phi) is 7.88. The van der Waals surface area contributed by atoms with Gasteiger partial charge in [0.25, 0.3) is 0 Å². The van der Waals surface area contributed by atoms with E-state index >= 15 is 0 Å². The Morgan fingerprint density at radius 3 is 2.49 bits per heavy atom. The molecule has 2 aromatic rings. The zero-order valence-corrected chi connectivity index (χ0v) is 19.7. The first-order chi connectivity index (χ1) is 16.5. The number of primary amides is 1. The number of aromatic nitrogens is 1. The van der Waals surface area contributed by atoms with Crippen molar-refractivity contribution in [3.05, 3.63) is 53.2 Å². The van der Waals surface area contributed by atoms with Gasteiger partial charge in [-0.05, 0) is 36.1 Å². The maximum Gasteiger partial charge on any atom is 0.404 e. The van der Waals surface area contributed by atoms with Crippen LogP contribution in [0.5, 0.6) is 5.88 Å². The van der Waals surface area contributed by atoms with Gasteiger partial charge >= 0.3 is 12.7 Å². The van der Waals surface area contributed by atoms with Gasteiger partial charge in [0.15, 0.2) is 0 Å². The Morgan fingerprint density at radius 2 is 1.86 bits per heavy atom. The van der Waals surface area contributed by atoms with Gasteiger partial charge in [0, 0.05) is 18.8 Å². The van der Waals surface area contributed by atoms with Crippen molar-refractivity contribution >= 4 is 23.6 Å². The number of anilines is 1. The lowest BCUT2D eigenvalue weighted by Gasteiger charge is -2.50. The SMILES string of the molecule is Cc1ccc(NC(=O)C2(c3ccccc3C(C)C)CN(C(=O)CCOC(N)=O)C2)c(OC(F)F)n1. The molecule has 0 atom stereocenters. The second-order valence-electron chi connectivity index (χ2n) is 8.63. The number of aryl methyl sites for hydroxylation is 1. The van der Waals surface area contributed by atoms with Crippen molar-refractivity contribution in [2.75, 3.05) is 25.0 Å². The Morgan fingerprint density at radius 1 is 1.17 bits per heavy atom. The molecule has 1 fully saturated rings. The summed E-state index contributed by atoms with van der Waals surface area (Å²) in [6.07, 6.45) is -1.06. The van der Waals surface area contributed by atoms with Gasteiger partial charge in [-0.1, -0.05) is 38.1 Å². The van der Waals surface area contributed by atoms with E-state index in [2.05, 4.69) is 19.8 Å². The van der Waals surface area contributed by atoms with Crippen LogP contribution >= 0.6 is 0 Å². The molecule has 0 spiro atoms. The highest BCUT2D eigenvalue weighted by Crippen LogP contribution is 2.40. The van der Waals surface area contributed by atoms with Crippen molar-refractivity contribution < 1.29 is 32.6 Å². The summed E-state index contributed by atoms with van der Waals surface area (Å²) in [4.78, 5) is 42.5. The first-order valence-electron chi connectivity index (χ1n) is 11.1. The van der Waals surface area contributed by atoms with Gasteiger partial charge in [-0.25, -0.2) is 9.78 Å². The molecular formula is C24H28F2N4O5. The Labute approximate surface area is 201 Å². The number of hydrogen-bond donors (Lipinski definition) is 2. The van der Waals surface area contributed by atoms with Crippen molar-refractivity contribution in [3.63, 3.8) is 0 Å². The van der Waals surface area contributed by atoms with E-state index in [0.29, 0.717) is 5.69 Å². The van der Waals surface area contributed by atoms with Crippen LogP contribution in [0.4, 0.5) is 19.3 Å². The second kappa shape index (κ2) is 10.7. The molecule has 35 heavy (non-hydrogen) atoms. The molecule has 0 unspecified atom stereocenters. The number of halogens is 2. The summed E-state index contributed by atoms with van der Waals surface area (Å²) in [5, 5.41) is 2.68. The van der Waals surface area contributed by atoms with Crippen LogP contribution in [0.25, 0.3) is 0 Å². The maximum atomic E-state index is 13.7. The molecule has 1 aromatic heterocycles. The number of nitrogens with one attached hydrogen (secondary N) is 1. The standard InChI is InChI=1S/C24H28F2N4O5/c1-14(2)16-6-4-5-7-17(16)24(12-30(13-24)19(31)10-11-34-23(27)33)21(32)29-18-9-8-15(3)28-20(18)35-22(25)26/h4-9,14,22H,10-13H2,1-3H3,(H2,27,33)(H,29,32). The number of carbonyl (C=O) groups is 3. The van der Waals surface area contributed by atoms with Crippen LogP contribution in [0, 0.1) is 6.92 Å². The third-order valence-electron chi connectivity index (χ3n) is 5.82. The van der Waals surface area contributed by atoms with Gasteiger partial charge in [0.2, 0.25) is 17.7 Å². The summed E-state index contributed by atoms with van der Waals surface area (Å²) >= 11 is 0. The van der Waals surface area contributed by atoms with Crippen LogP contribution in [0.1, 0.15) is 43.0 Å². The van der Waals surface area contributed by atoms with E-state index in [4.69, 9.17) is 5.73 Å². The van der Waals surface area contributed by atoms with E-state index in [-0.39, 0.29) is 43.6 Å². The number of carbonyl (C=O) groups excluding carboxylic acids is 3. The average molecular weight is 491 g/mol. The predicted octanol–water partition coefficient (Wildman–Crippen LogP) is 3.32. The fourth-order valence-corrected chi connectivity index (χ4v) is 4.10. The third kappa shape index (κ3) is 5.84. The smallest absolute Gasteiger partial charge is 0.404 e. The molecule has 0 radical (unpaired) electrons. The number of nitrogens with two attached hydrogens (primary N) is 1. The highest BCUT2D eigenvalue weighted by molar-refractivity contribution is 6.02. The molecule has 3 rings (SSSR count). The number of rotatable bonds is 9. The van der Waals surface area contributed by atoms with Gasteiger partial charge in [-0.2, -0.15) is 8.78 Å². The van der Waals surface area contributed by atoms with Crippen molar-refractivity contribution in [1.82, 2.24) is 9.88 Å². The molecule has 0 saturated carbocycles. The molecule has 1 aliphatic rings. The summed E-state index contributed by atoms with van der Waals surface area (Å²) < 4.78 is 35.0. The number of nitrogens with zero attached hydrogens (tertiary/aromatic N) is 2. The number of ether oxygens (including phenoxy) is 2. The van der Waals surface area contributed by atoms with Crippen molar-refractivity contribution in [2.24, 2.45) is 5.73 Å². The van der Waals surface area contributed by atoms with E-state index in [1.165, 1.54) is 11.0 Å². The molecule has 9 nitrogen and oxygen atoms in total. The number of amides is 3. The van der Waals surface area contributed by atoms with Crippen LogP contribution < -0.4 is 15.8 Å². The highest BCUT2D eigenvalue weighted by Gasteiger charge is 2.53. The summed E-state index contributed by atoms with van der Waals surface area (Å²) in [6.45, 7) is 2.43. The van der Waals surface area contributed by atoms with Crippen LogP contribution in [0.2, 0.25) is 0 Å². The molecule has 3 amide bonds. The lowest BCUT2D eigenvalue weighted by Crippen LogP contribution is -2.66. The van der Waals surface area contributed by atoms with E-state index in [1.807, 2.05) is 32.0 Å². The molecule has 0 aliphatic carbocycles. The fourth-order valence-electron chi connectivity index (χ4n) is 4.10. The minimum atomic E-state index is -3.12. The topological polar surface area (TPSA) is 124 Å². The van der Waals surface area contributed by atoms with Crippen molar-refractivity contribution in [3.8, 4) is 5.88 Å². The summed E-state index contributed by atoms with van der Waals surface area (Å²) in [6, 6.07) is 10.4. The minimum absolute atomic E-state index is 0.00179. The normalized spacial score (nSPS) is 14.4. The third-order valence-corrected chi connectivity index (χ3v) is 5.82. The monoisotopic (exact) mass is 490 g/mol. The predicted molar refractivity (Wildman–Crippen MR) is 123 cm³/mol. The average Bonchev–Trinajstić information content (AvgIpc) is 2.74. The molecule has 1 aliphatic heterocycles. The van der Waals surface area contributed by atoms with Crippen LogP contribution in [0.3, 0.4) is 0 Å². The summed E-state index contributed by atoms with van der Waals surface area (Å²) in [7, 11) is 0. The number of likely N-dealkylation sites (tertiary alicyclic amines) is 1. The lowest BCUT2D eigenvalue weighted by molar-refractivity contribution is -0.144. The zero-order valence-electron chi connectivity index (χ0n) is 19.7. The van der Waals surface area contributed by atoms with Crippen LogP contribution in [0.15, 0.2) is 36.4 Å². The van der Waals surface area contributed by atoms with E-state index in [1.54, 1.807) is 19.1 Å². The fraction of sp³-hybridized carbons (Fsp3) is 0.417. The van der Waals surface area contributed by atoms with E-state index < -0.39 is 29.9 Å². The van der Waals surface area contributed by atoms with Gasteiger partial charge < -0.3 is 25.4 Å². The molecule has 188 valence electrons. The van der Waals surface area contributed by atoms with E-state index in [0.717, 1.165) is 11.1 Å². The molecule has 0 bridgehead atoms. The molecular weight excluding hydrogens is 462 g/mol. The quantitative estimate of drug-likeness (QED) is 0.556. The van der Waals surface area contributed by atoms with Gasteiger partial charge in [0.1, 0.15) is 17.7 Å². The highest BCUT2D eigenvalue weighted by atomic mass is 19.3. The van der Waals surface area contributed by atoms with Crippen LogP contribution in [-0.4, -0.2) is 54.1 Å². The van der Waals surface area contributed by atoms with Gasteiger partial charge in [-0.15, -0.1) is 0 Å². The van der Waals surface area contributed by atoms with E-state index in [9.17, 15) is 23.2 Å². The zero-order chi connectivity index (χ0) is 25.8. The Balaban J connectivity index is 1.91. The molecule has 1 aromatic carbocycles. The first kappa shape index (κ1) is 25.9. The largest absolute Gasteiger partial charge is 0.449 e.